The molecule has 7 nitrogen and oxygen atoms in total. The first kappa shape index (κ1) is 24.6. The van der Waals surface area contributed by atoms with Gasteiger partial charge in [-0.3, -0.25) is 9.59 Å². The largest absolute Gasteiger partial charge is 0.332 e. The van der Waals surface area contributed by atoms with Crippen molar-refractivity contribution in [2.75, 3.05) is 5.32 Å². The average Bonchev–Trinajstić information content (AvgIpc) is 3.32. The van der Waals surface area contributed by atoms with E-state index >= 15 is 0 Å². The minimum Gasteiger partial charge on any atom is -0.332 e. The van der Waals surface area contributed by atoms with Gasteiger partial charge in [-0.25, -0.2) is 0 Å². The van der Waals surface area contributed by atoms with E-state index < -0.39 is 0 Å². The fourth-order valence-electron chi connectivity index (χ4n) is 4.09. The van der Waals surface area contributed by atoms with E-state index in [1.165, 1.54) is 6.92 Å². The van der Waals surface area contributed by atoms with E-state index in [1.54, 1.807) is 29.8 Å². The van der Waals surface area contributed by atoms with Gasteiger partial charge in [0, 0.05) is 23.9 Å². The Morgan fingerprint density at radius 3 is 2.53 bits per heavy atom. The summed E-state index contributed by atoms with van der Waals surface area (Å²) in [6.45, 7) is 11.3. The molecule has 0 saturated carbocycles. The monoisotopic (exact) mass is 480 g/mol. The second kappa shape index (κ2) is 10.00. The molecule has 0 spiro atoms. The zero-order chi connectivity index (χ0) is 26.0. The maximum Gasteiger partial charge on any atom is 0.268 e. The lowest BCUT2D eigenvalue weighted by Gasteiger charge is -2.11. The molecule has 36 heavy (non-hydrogen) atoms. The molecular formula is C29H28N4O3. The van der Waals surface area contributed by atoms with Crippen molar-refractivity contribution in [3.63, 3.8) is 0 Å². The van der Waals surface area contributed by atoms with Crippen LogP contribution in [0.5, 0.6) is 0 Å². The lowest BCUT2D eigenvalue weighted by molar-refractivity contribution is 0.101. The van der Waals surface area contributed by atoms with Crippen LogP contribution in [0.4, 0.5) is 11.6 Å². The van der Waals surface area contributed by atoms with Crippen LogP contribution in [0.25, 0.3) is 34.7 Å². The summed E-state index contributed by atoms with van der Waals surface area (Å²) in [5, 5.41) is 8.92. The van der Waals surface area contributed by atoms with E-state index in [1.807, 2.05) is 63.3 Å². The van der Waals surface area contributed by atoms with Crippen molar-refractivity contribution in [1.82, 2.24) is 14.7 Å². The third-order valence-corrected chi connectivity index (χ3v) is 5.93. The molecule has 2 aromatic heterocycles. The Hall–Kier alpha value is -4.52. The molecule has 0 amide bonds. The van der Waals surface area contributed by atoms with Crippen LogP contribution in [0.1, 0.15) is 36.7 Å². The second-order valence-electron chi connectivity index (χ2n) is 8.72. The number of hydrogen-bond donors (Lipinski definition) is 1. The number of hydrogen-bond acceptors (Lipinski definition) is 6. The van der Waals surface area contributed by atoms with Gasteiger partial charge in [0.25, 0.3) is 17.4 Å². The standard InChI is InChI=1S/C29H28N4O3/c1-7-20-15-25(28(35)33(6)26(20)14-17(2)3)24-16-21(13-12-18(24)4)30-29-31-27(36-32-29)23-11-9-8-10-22(23)19(5)34/h7-16H,2H2,1,3-6H3,(H,30,32)/b20-7-,26-14+. The number of Topliss-reactive ketones (excluding diaryl/α,β-unsaturated/α-hetero) is 1. The molecule has 7 heteroatoms. The van der Waals surface area contributed by atoms with E-state index in [0.717, 1.165) is 27.3 Å². The van der Waals surface area contributed by atoms with Gasteiger partial charge in [-0.1, -0.05) is 42.5 Å². The van der Waals surface area contributed by atoms with Crippen LogP contribution in [0.15, 0.2) is 70.0 Å². The highest BCUT2D eigenvalue weighted by molar-refractivity contribution is 5.99. The first-order valence-electron chi connectivity index (χ1n) is 11.5. The average molecular weight is 481 g/mol. The van der Waals surface area contributed by atoms with Crippen LogP contribution in [0.3, 0.4) is 0 Å². The van der Waals surface area contributed by atoms with Gasteiger partial charge in [0.2, 0.25) is 0 Å². The molecule has 0 aliphatic heterocycles. The summed E-state index contributed by atoms with van der Waals surface area (Å²) in [6, 6.07) is 14.7. The summed E-state index contributed by atoms with van der Waals surface area (Å²) in [6.07, 6.45) is 3.89. The maximum atomic E-state index is 13.3. The molecule has 0 aliphatic carbocycles. The molecule has 0 atom stereocenters. The summed E-state index contributed by atoms with van der Waals surface area (Å²) in [5.74, 6) is 0.413. The molecule has 2 heterocycles. The minimum absolute atomic E-state index is 0.0846. The Balaban J connectivity index is 1.74. The number of anilines is 2. The molecule has 182 valence electrons. The Morgan fingerprint density at radius 1 is 1.08 bits per heavy atom. The zero-order valence-electron chi connectivity index (χ0n) is 21.0. The summed E-state index contributed by atoms with van der Waals surface area (Å²) in [5.41, 5.74) is 4.91. The SMILES string of the molecule is C=C(C)/C=c1\c(=C/C)cc(-c2cc(Nc3noc(-c4ccccc4C(C)=O)n3)ccc2C)c(=O)n1C. The van der Waals surface area contributed by atoms with E-state index in [0.29, 0.717) is 22.4 Å². The quantitative estimate of drug-likeness (QED) is 0.408. The molecule has 0 saturated heterocycles. The van der Waals surface area contributed by atoms with E-state index in [4.69, 9.17) is 4.52 Å². The third-order valence-electron chi connectivity index (χ3n) is 5.93. The van der Waals surface area contributed by atoms with Crippen molar-refractivity contribution in [2.24, 2.45) is 7.05 Å². The summed E-state index contributed by atoms with van der Waals surface area (Å²) < 4.78 is 7.07. The van der Waals surface area contributed by atoms with Gasteiger partial charge in [-0.2, -0.15) is 4.98 Å². The normalized spacial score (nSPS) is 12.1. The van der Waals surface area contributed by atoms with Gasteiger partial charge >= 0.3 is 0 Å². The molecule has 4 aromatic rings. The van der Waals surface area contributed by atoms with Crippen LogP contribution in [-0.2, 0) is 7.05 Å². The molecular weight excluding hydrogens is 452 g/mol. The number of rotatable bonds is 6. The molecule has 2 aromatic carbocycles. The predicted molar refractivity (Wildman–Crippen MR) is 144 cm³/mol. The van der Waals surface area contributed by atoms with Gasteiger partial charge < -0.3 is 14.4 Å². The highest BCUT2D eigenvalue weighted by Crippen LogP contribution is 2.27. The number of nitrogens with zero attached hydrogens (tertiary/aromatic N) is 3. The number of allylic oxidation sites excluding steroid dienone is 1. The minimum atomic E-state index is -0.101. The fraction of sp³-hybridized carbons (Fsp3) is 0.172. The molecule has 0 bridgehead atoms. The van der Waals surface area contributed by atoms with Gasteiger partial charge in [0.05, 0.1) is 10.9 Å². The molecule has 0 aliphatic rings. The number of aromatic nitrogens is 3. The molecule has 1 N–H and O–H groups in total. The first-order valence-corrected chi connectivity index (χ1v) is 11.5. The van der Waals surface area contributed by atoms with Crippen molar-refractivity contribution in [3.8, 4) is 22.6 Å². The molecule has 4 rings (SSSR count). The van der Waals surface area contributed by atoms with Crippen molar-refractivity contribution in [3.05, 3.63) is 92.7 Å². The molecule has 0 unspecified atom stereocenters. The van der Waals surface area contributed by atoms with Crippen molar-refractivity contribution in [1.29, 1.82) is 0 Å². The van der Waals surface area contributed by atoms with Crippen molar-refractivity contribution >= 4 is 29.6 Å². The topological polar surface area (TPSA) is 90.0 Å². The number of nitrogens with one attached hydrogen (secondary N) is 1. The fourth-order valence-corrected chi connectivity index (χ4v) is 4.09. The smallest absolute Gasteiger partial charge is 0.268 e. The number of ketones is 1. The van der Waals surface area contributed by atoms with Crippen molar-refractivity contribution in [2.45, 2.75) is 27.7 Å². The Kier molecular flexibility index (Phi) is 6.83. The number of carbonyl (C=O) groups is 1. The van der Waals surface area contributed by atoms with Gasteiger partial charge in [-0.05, 0) is 79.5 Å². The van der Waals surface area contributed by atoms with Gasteiger partial charge in [0.1, 0.15) is 0 Å². The Morgan fingerprint density at radius 2 is 1.83 bits per heavy atom. The van der Waals surface area contributed by atoms with Crippen LogP contribution in [0.2, 0.25) is 0 Å². The van der Waals surface area contributed by atoms with Crippen molar-refractivity contribution < 1.29 is 9.32 Å². The molecule has 0 fully saturated rings. The highest BCUT2D eigenvalue weighted by Gasteiger charge is 2.16. The van der Waals surface area contributed by atoms with E-state index in [9.17, 15) is 9.59 Å². The summed E-state index contributed by atoms with van der Waals surface area (Å²) in [4.78, 5) is 29.7. The van der Waals surface area contributed by atoms with Crippen LogP contribution in [-0.4, -0.2) is 20.5 Å². The second-order valence-corrected chi connectivity index (χ2v) is 8.72. The zero-order valence-corrected chi connectivity index (χ0v) is 21.0. The lowest BCUT2D eigenvalue weighted by Crippen LogP contribution is -2.42. The predicted octanol–water partition coefficient (Wildman–Crippen LogP) is 4.51. The number of pyridine rings is 1. The Bertz CT molecular complexity index is 1680. The summed E-state index contributed by atoms with van der Waals surface area (Å²) in [7, 11) is 1.77. The van der Waals surface area contributed by atoms with Gasteiger partial charge in [-0.15, -0.1) is 0 Å². The van der Waals surface area contributed by atoms with E-state index in [2.05, 4.69) is 22.0 Å². The maximum absolute atomic E-state index is 13.3. The van der Waals surface area contributed by atoms with Crippen LogP contribution >= 0.6 is 0 Å². The number of benzene rings is 2. The number of carbonyl (C=O) groups excluding carboxylic acids is 1. The highest BCUT2D eigenvalue weighted by atomic mass is 16.5. The third kappa shape index (κ3) is 4.81. The van der Waals surface area contributed by atoms with Gasteiger partial charge in [0.15, 0.2) is 5.78 Å². The molecule has 0 radical (unpaired) electrons. The van der Waals surface area contributed by atoms with Crippen LogP contribution < -0.4 is 21.4 Å². The van der Waals surface area contributed by atoms with Crippen LogP contribution in [0, 0.1) is 6.92 Å². The van der Waals surface area contributed by atoms with E-state index in [-0.39, 0.29) is 23.2 Å². The Labute approximate surface area is 209 Å². The summed E-state index contributed by atoms with van der Waals surface area (Å²) >= 11 is 0. The first-order chi connectivity index (χ1) is 17.2. The number of aryl methyl sites for hydroxylation is 1. The lowest BCUT2D eigenvalue weighted by atomic mass is 10.00.